The maximum atomic E-state index is 13.4. The zero-order valence-electron chi connectivity index (χ0n) is 19.5. The summed E-state index contributed by atoms with van der Waals surface area (Å²) in [4.78, 5) is 38.5. The van der Waals surface area contributed by atoms with Gasteiger partial charge in [0.15, 0.2) is 0 Å². The first kappa shape index (κ1) is 27.3. The number of nitro groups is 1. The van der Waals surface area contributed by atoms with E-state index in [1.54, 1.807) is 35.2 Å². The molecular formula is C25H29Cl2N3O4S. The van der Waals surface area contributed by atoms with Crippen molar-refractivity contribution < 1.29 is 14.5 Å². The van der Waals surface area contributed by atoms with E-state index in [-0.39, 0.29) is 35.8 Å². The largest absolute Gasteiger partial charge is 0.352 e. The SMILES string of the molecule is CC[C@@H](C(=O)NC1CCCC1)N(Cc1ccc(Cl)cc1Cl)C(=O)CSCc1ccc([N+](=O)[O-])cc1. The van der Waals surface area contributed by atoms with Gasteiger partial charge in [0.05, 0.1) is 10.7 Å². The number of benzene rings is 2. The Morgan fingerprint density at radius 2 is 1.86 bits per heavy atom. The molecule has 35 heavy (non-hydrogen) atoms. The summed E-state index contributed by atoms with van der Waals surface area (Å²) in [6.45, 7) is 2.09. The van der Waals surface area contributed by atoms with Crippen molar-refractivity contribution in [1.82, 2.24) is 10.2 Å². The molecule has 0 saturated heterocycles. The van der Waals surface area contributed by atoms with E-state index >= 15 is 0 Å². The number of hydrogen-bond donors (Lipinski definition) is 1. The lowest BCUT2D eigenvalue weighted by Crippen LogP contribution is -2.51. The highest BCUT2D eigenvalue weighted by atomic mass is 35.5. The van der Waals surface area contributed by atoms with Gasteiger partial charge in [-0.2, -0.15) is 0 Å². The molecule has 7 nitrogen and oxygen atoms in total. The molecule has 2 amide bonds. The molecule has 1 saturated carbocycles. The molecule has 0 aliphatic heterocycles. The minimum atomic E-state index is -0.616. The fourth-order valence-corrected chi connectivity index (χ4v) is 5.51. The van der Waals surface area contributed by atoms with Crippen molar-refractivity contribution in [2.24, 2.45) is 0 Å². The van der Waals surface area contributed by atoms with Crippen LogP contribution in [-0.4, -0.2) is 39.5 Å². The third-order valence-corrected chi connectivity index (χ3v) is 7.66. The third kappa shape index (κ3) is 7.85. The van der Waals surface area contributed by atoms with Crippen LogP contribution in [0, 0.1) is 10.1 Å². The number of carbonyl (C=O) groups is 2. The molecule has 0 unspecified atom stereocenters. The smallest absolute Gasteiger partial charge is 0.269 e. The van der Waals surface area contributed by atoms with E-state index in [0.717, 1.165) is 36.8 Å². The fraction of sp³-hybridized carbons (Fsp3) is 0.440. The molecule has 0 aromatic heterocycles. The summed E-state index contributed by atoms with van der Waals surface area (Å²) >= 11 is 13.8. The van der Waals surface area contributed by atoms with Crippen molar-refractivity contribution in [2.45, 2.75) is 63.4 Å². The normalized spacial score (nSPS) is 14.5. The van der Waals surface area contributed by atoms with Crippen LogP contribution >= 0.6 is 35.0 Å². The number of carbonyl (C=O) groups excluding carboxylic acids is 2. The predicted octanol–water partition coefficient (Wildman–Crippen LogP) is 6.00. The molecular weight excluding hydrogens is 509 g/mol. The highest BCUT2D eigenvalue weighted by Gasteiger charge is 2.31. The summed E-state index contributed by atoms with van der Waals surface area (Å²) in [5.41, 5.74) is 1.63. The number of nitrogens with zero attached hydrogens (tertiary/aromatic N) is 2. The maximum absolute atomic E-state index is 13.4. The molecule has 1 aliphatic rings. The molecule has 188 valence electrons. The molecule has 2 aromatic carbocycles. The fourth-order valence-electron chi connectivity index (χ4n) is 4.17. The molecule has 0 heterocycles. The van der Waals surface area contributed by atoms with Gasteiger partial charge in [-0.3, -0.25) is 19.7 Å². The van der Waals surface area contributed by atoms with Gasteiger partial charge in [0, 0.05) is 40.5 Å². The number of nitro benzene ring substituents is 1. The van der Waals surface area contributed by atoms with E-state index in [4.69, 9.17) is 23.2 Å². The molecule has 3 rings (SSSR count). The maximum Gasteiger partial charge on any atom is 0.269 e. The minimum Gasteiger partial charge on any atom is -0.352 e. The quantitative estimate of drug-likeness (QED) is 0.280. The van der Waals surface area contributed by atoms with Crippen LogP contribution < -0.4 is 5.32 Å². The van der Waals surface area contributed by atoms with Crippen molar-refractivity contribution in [1.29, 1.82) is 0 Å². The van der Waals surface area contributed by atoms with Crippen LogP contribution in [0.1, 0.15) is 50.2 Å². The zero-order chi connectivity index (χ0) is 25.4. The summed E-state index contributed by atoms with van der Waals surface area (Å²) in [5, 5.41) is 14.9. The van der Waals surface area contributed by atoms with Crippen molar-refractivity contribution in [3.8, 4) is 0 Å². The average Bonchev–Trinajstić information content (AvgIpc) is 3.33. The molecule has 0 spiro atoms. The predicted molar refractivity (Wildman–Crippen MR) is 141 cm³/mol. The topological polar surface area (TPSA) is 92.6 Å². The van der Waals surface area contributed by atoms with Crippen molar-refractivity contribution in [3.63, 3.8) is 0 Å². The summed E-state index contributed by atoms with van der Waals surface area (Å²) < 4.78 is 0. The average molecular weight is 538 g/mol. The van der Waals surface area contributed by atoms with Crippen LogP contribution in [0.2, 0.25) is 10.0 Å². The lowest BCUT2D eigenvalue weighted by molar-refractivity contribution is -0.384. The highest BCUT2D eigenvalue weighted by Crippen LogP contribution is 2.25. The Kier molecular flexibility index (Phi) is 10.2. The van der Waals surface area contributed by atoms with Gasteiger partial charge in [0.2, 0.25) is 11.8 Å². The third-order valence-electron chi connectivity index (χ3n) is 6.08. The molecule has 1 fully saturated rings. The molecule has 10 heteroatoms. The molecule has 1 atom stereocenters. The standard InChI is InChI=1S/C25H29Cl2N3O4S/c1-2-23(25(32)28-20-5-3-4-6-20)29(14-18-9-10-19(26)13-22(18)27)24(31)16-35-15-17-7-11-21(12-8-17)30(33)34/h7-13,20,23H,2-6,14-16H2,1H3,(H,28,32)/t23-/m0/s1. The van der Waals surface area contributed by atoms with E-state index in [0.29, 0.717) is 22.2 Å². The second-order valence-corrected chi connectivity index (χ2v) is 10.4. The Hall–Kier alpha value is -2.29. The van der Waals surface area contributed by atoms with Crippen LogP contribution in [0.25, 0.3) is 0 Å². The van der Waals surface area contributed by atoms with E-state index in [2.05, 4.69) is 5.32 Å². The van der Waals surface area contributed by atoms with Crippen LogP contribution in [-0.2, 0) is 21.9 Å². The van der Waals surface area contributed by atoms with Gasteiger partial charge in [0.1, 0.15) is 6.04 Å². The lowest BCUT2D eigenvalue weighted by atomic mass is 10.1. The highest BCUT2D eigenvalue weighted by molar-refractivity contribution is 7.99. The second kappa shape index (κ2) is 13.1. The second-order valence-electron chi connectivity index (χ2n) is 8.59. The Morgan fingerprint density at radius 1 is 1.17 bits per heavy atom. The van der Waals surface area contributed by atoms with E-state index in [1.807, 2.05) is 6.92 Å². The Bertz CT molecular complexity index is 1050. The summed E-state index contributed by atoms with van der Waals surface area (Å²) in [6.07, 6.45) is 4.60. The number of non-ortho nitro benzene ring substituents is 1. The summed E-state index contributed by atoms with van der Waals surface area (Å²) in [5.74, 6) is 0.370. The number of nitrogens with one attached hydrogen (secondary N) is 1. The van der Waals surface area contributed by atoms with Crippen molar-refractivity contribution >= 4 is 52.5 Å². The Morgan fingerprint density at radius 3 is 2.46 bits per heavy atom. The first-order chi connectivity index (χ1) is 16.8. The first-order valence-corrected chi connectivity index (χ1v) is 13.5. The minimum absolute atomic E-state index is 0.0277. The molecule has 0 radical (unpaired) electrons. The molecule has 1 N–H and O–H groups in total. The Balaban J connectivity index is 1.71. The van der Waals surface area contributed by atoms with Gasteiger partial charge in [-0.1, -0.05) is 61.2 Å². The molecule has 1 aliphatic carbocycles. The number of hydrogen-bond acceptors (Lipinski definition) is 5. The first-order valence-electron chi connectivity index (χ1n) is 11.6. The van der Waals surface area contributed by atoms with E-state index in [9.17, 15) is 19.7 Å². The van der Waals surface area contributed by atoms with Crippen LogP contribution in [0.3, 0.4) is 0 Å². The zero-order valence-corrected chi connectivity index (χ0v) is 21.9. The van der Waals surface area contributed by atoms with Crippen LogP contribution in [0.5, 0.6) is 0 Å². The van der Waals surface area contributed by atoms with E-state index in [1.165, 1.54) is 23.9 Å². The Labute approximate surface area is 219 Å². The van der Waals surface area contributed by atoms with Gasteiger partial charge in [-0.15, -0.1) is 11.8 Å². The lowest BCUT2D eigenvalue weighted by Gasteiger charge is -2.31. The van der Waals surface area contributed by atoms with Gasteiger partial charge in [0.25, 0.3) is 5.69 Å². The van der Waals surface area contributed by atoms with Gasteiger partial charge < -0.3 is 10.2 Å². The number of rotatable bonds is 11. The number of thioether (sulfide) groups is 1. The van der Waals surface area contributed by atoms with E-state index < -0.39 is 11.0 Å². The van der Waals surface area contributed by atoms with Crippen LogP contribution in [0.4, 0.5) is 5.69 Å². The molecule has 0 bridgehead atoms. The number of amides is 2. The summed E-state index contributed by atoms with van der Waals surface area (Å²) in [6, 6.07) is 10.9. The van der Waals surface area contributed by atoms with Gasteiger partial charge >= 0.3 is 0 Å². The summed E-state index contributed by atoms with van der Waals surface area (Å²) in [7, 11) is 0. The molecule has 2 aromatic rings. The number of halogens is 2. The van der Waals surface area contributed by atoms with Gasteiger partial charge in [-0.05, 0) is 42.5 Å². The van der Waals surface area contributed by atoms with Crippen LogP contribution in [0.15, 0.2) is 42.5 Å². The van der Waals surface area contributed by atoms with Gasteiger partial charge in [-0.25, -0.2) is 0 Å². The van der Waals surface area contributed by atoms with Crippen molar-refractivity contribution in [2.75, 3.05) is 5.75 Å². The van der Waals surface area contributed by atoms with Crippen molar-refractivity contribution in [3.05, 3.63) is 73.8 Å². The monoisotopic (exact) mass is 537 g/mol.